The van der Waals surface area contributed by atoms with Gasteiger partial charge in [0.15, 0.2) is 0 Å². The van der Waals surface area contributed by atoms with Crippen LogP contribution in [0, 0.1) is 0 Å². The summed E-state index contributed by atoms with van der Waals surface area (Å²) in [5, 5.41) is 0.0953. The minimum Gasteiger partial charge on any atom is -0.325 e. The monoisotopic (exact) mass is 249 g/mol. The second-order valence-electron chi connectivity index (χ2n) is 4.34. The van der Waals surface area contributed by atoms with Crippen molar-refractivity contribution in [3.05, 3.63) is 34.3 Å². The molecule has 1 aliphatic carbocycles. The van der Waals surface area contributed by atoms with Crippen LogP contribution in [0.4, 0.5) is 13.2 Å². The van der Waals surface area contributed by atoms with Gasteiger partial charge in [0.25, 0.3) is 0 Å². The van der Waals surface area contributed by atoms with E-state index in [0.717, 1.165) is 18.9 Å². The molecular formula is C11H11ClF3N. The van der Waals surface area contributed by atoms with Crippen LogP contribution < -0.4 is 5.73 Å². The molecule has 0 spiro atoms. The van der Waals surface area contributed by atoms with E-state index in [0.29, 0.717) is 0 Å². The Morgan fingerprint density at radius 1 is 1.31 bits per heavy atom. The molecule has 1 aromatic rings. The van der Waals surface area contributed by atoms with Crippen LogP contribution in [0.2, 0.25) is 5.02 Å². The predicted octanol–water partition coefficient (Wildman–Crippen LogP) is 3.39. The highest BCUT2D eigenvalue weighted by molar-refractivity contribution is 6.30. The van der Waals surface area contributed by atoms with Crippen molar-refractivity contribution in [2.45, 2.75) is 31.0 Å². The summed E-state index contributed by atoms with van der Waals surface area (Å²) < 4.78 is 38.2. The lowest BCUT2D eigenvalue weighted by Gasteiger charge is -2.16. The third kappa shape index (κ3) is 2.50. The van der Waals surface area contributed by atoms with Crippen molar-refractivity contribution < 1.29 is 13.2 Å². The fourth-order valence-electron chi connectivity index (χ4n) is 1.68. The van der Waals surface area contributed by atoms with E-state index < -0.39 is 17.3 Å². The molecule has 1 aromatic carbocycles. The molecule has 2 rings (SSSR count). The van der Waals surface area contributed by atoms with Crippen molar-refractivity contribution in [3.63, 3.8) is 0 Å². The highest BCUT2D eigenvalue weighted by Crippen LogP contribution is 2.40. The highest BCUT2D eigenvalue weighted by atomic mass is 35.5. The molecule has 0 aromatic heterocycles. The van der Waals surface area contributed by atoms with Crippen LogP contribution in [-0.2, 0) is 12.6 Å². The third-order valence-electron chi connectivity index (χ3n) is 2.81. The Bertz CT molecular complexity index is 410. The molecule has 0 saturated heterocycles. The number of hydrogen-bond acceptors (Lipinski definition) is 1. The van der Waals surface area contributed by atoms with Gasteiger partial charge in [-0.15, -0.1) is 0 Å². The number of nitrogens with two attached hydrogens (primary N) is 1. The van der Waals surface area contributed by atoms with Crippen molar-refractivity contribution in [2.24, 2.45) is 5.73 Å². The average Bonchev–Trinajstić information content (AvgIpc) is 2.85. The quantitative estimate of drug-likeness (QED) is 0.854. The molecule has 0 aliphatic heterocycles. The number of hydrogen-bond donors (Lipinski definition) is 1. The second kappa shape index (κ2) is 3.64. The highest BCUT2D eigenvalue weighted by Gasteiger charge is 2.41. The van der Waals surface area contributed by atoms with Gasteiger partial charge in [-0.3, -0.25) is 0 Å². The van der Waals surface area contributed by atoms with E-state index in [4.69, 9.17) is 17.3 Å². The zero-order chi connectivity index (χ0) is 12.0. The molecule has 0 radical (unpaired) electrons. The maximum absolute atomic E-state index is 12.7. The minimum atomic E-state index is -4.37. The number of alkyl halides is 3. The Morgan fingerprint density at radius 2 is 1.94 bits per heavy atom. The van der Waals surface area contributed by atoms with Crippen LogP contribution in [0.15, 0.2) is 18.2 Å². The van der Waals surface area contributed by atoms with Crippen LogP contribution in [-0.4, -0.2) is 5.54 Å². The SMILES string of the molecule is NC1(Cc2ccc(Cl)cc2C(F)(F)F)CC1. The van der Waals surface area contributed by atoms with Crippen LogP contribution in [0.1, 0.15) is 24.0 Å². The van der Waals surface area contributed by atoms with Gasteiger partial charge in [0.05, 0.1) is 5.56 Å². The van der Waals surface area contributed by atoms with Crippen LogP contribution in [0.25, 0.3) is 0 Å². The fourth-order valence-corrected chi connectivity index (χ4v) is 1.86. The molecular weight excluding hydrogens is 239 g/mol. The molecule has 2 N–H and O–H groups in total. The van der Waals surface area contributed by atoms with Gasteiger partial charge in [0.1, 0.15) is 0 Å². The summed E-state index contributed by atoms with van der Waals surface area (Å²) in [7, 11) is 0. The van der Waals surface area contributed by atoms with Crippen molar-refractivity contribution in [2.75, 3.05) is 0 Å². The van der Waals surface area contributed by atoms with Crippen molar-refractivity contribution in [1.82, 2.24) is 0 Å². The minimum absolute atomic E-state index is 0.0953. The van der Waals surface area contributed by atoms with E-state index in [2.05, 4.69) is 0 Å². The van der Waals surface area contributed by atoms with Crippen LogP contribution in [0.3, 0.4) is 0 Å². The van der Waals surface area contributed by atoms with Gasteiger partial charge in [-0.2, -0.15) is 13.2 Å². The maximum Gasteiger partial charge on any atom is 0.416 e. The summed E-state index contributed by atoms with van der Waals surface area (Å²) >= 11 is 5.58. The largest absolute Gasteiger partial charge is 0.416 e. The second-order valence-corrected chi connectivity index (χ2v) is 4.77. The summed E-state index contributed by atoms with van der Waals surface area (Å²) in [5.41, 5.74) is 4.96. The zero-order valence-electron chi connectivity index (χ0n) is 8.44. The molecule has 5 heteroatoms. The number of halogens is 4. The molecule has 88 valence electrons. The molecule has 0 unspecified atom stereocenters. The Hall–Kier alpha value is -0.740. The summed E-state index contributed by atoms with van der Waals surface area (Å²) in [6, 6.07) is 3.85. The van der Waals surface area contributed by atoms with Gasteiger partial charge in [0, 0.05) is 10.6 Å². The van der Waals surface area contributed by atoms with E-state index in [1.807, 2.05) is 0 Å². The fraction of sp³-hybridized carbons (Fsp3) is 0.455. The van der Waals surface area contributed by atoms with E-state index in [9.17, 15) is 13.2 Å². The van der Waals surface area contributed by atoms with E-state index in [1.165, 1.54) is 12.1 Å². The van der Waals surface area contributed by atoms with Crippen molar-refractivity contribution in [3.8, 4) is 0 Å². The van der Waals surface area contributed by atoms with E-state index in [-0.39, 0.29) is 17.0 Å². The lowest BCUT2D eigenvalue weighted by Crippen LogP contribution is -2.26. The molecule has 1 saturated carbocycles. The standard InChI is InChI=1S/C11H11ClF3N/c12-8-2-1-7(6-10(16)3-4-10)9(5-8)11(13,14)15/h1-2,5H,3-4,6,16H2. The Morgan fingerprint density at radius 3 is 2.44 bits per heavy atom. The molecule has 0 heterocycles. The number of rotatable bonds is 2. The first-order valence-corrected chi connectivity index (χ1v) is 5.32. The molecule has 1 nitrogen and oxygen atoms in total. The van der Waals surface area contributed by atoms with Crippen LogP contribution in [0.5, 0.6) is 0 Å². The zero-order valence-corrected chi connectivity index (χ0v) is 9.20. The molecule has 0 bridgehead atoms. The average molecular weight is 250 g/mol. The summed E-state index contributed by atoms with van der Waals surface area (Å²) in [6.07, 6.45) is -2.54. The molecule has 0 amide bonds. The summed E-state index contributed by atoms with van der Waals surface area (Å²) in [5.74, 6) is 0. The van der Waals surface area contributed by atoms with Gasteiger partial charge in [-0.1, -0.05) is 17.7 Å². The van der Waals surface area contributed by atoms with E-state index in [1.54, 1.807) is 0 Å². The first-order chi connectivity index (χ1) is 7.30. The molecule has 1 aliphatic rings. The number of benzene rings is 1. The van der Waals surface area contributed by atoms with Crippen molar-refractivity contribution >= 4 is 11.6 Å². The smallest absolute Gasteiger partial charge is 0.325 e. The lowest BCUT2D eigenvalue weighted by molar-refractivity contribution is -0.138. The summed E-state index contributed by atoms with van der Waals surface area (Å²) in [6.45, 7) is 0. The Balaban J connectivity index is 2.36. The maximum atomic E-state index is 12.7. The van der Waals surface area contributed by atoms with Gasteiger partial charge in [0.2, 0.25) is 0 Å². The van der Waals surface area contributed by atoms with E-state index >= 15 is 0 Å². The molecule has 16 heavy (non-hydrogen) atoms. The normalized spacial score (nSPS) is 18.6. The Kier molecular flexibility index (Phi) is 2.67. The topological polar surface area (TPSA) is 26.0 Å². The predicted molar refractivity (Wildman–Crippen MR) is 56.3 cm³/mol. The van der Waals surface area contributed by atoms with Gasteiger partial charge < -0.3 is 5.73 Å². The molecule has 0 atom stereocenters. The van der Waals surface area contributed by atoms with Gasteiger partial charge >= 0.3 is 6.18 Å². The third-order valence-corrected chi connectivity index (χ3v) is 3.05. The first-order valence-electron chi connectivity index (χ1n) is 4.95. The van der Waals surface area contributed by atoms with Gasteiger partial charge in [-0.25, -0.2) is 0 Å². The van der Waals surface area contributed by atoms with Gasteiger partial charge in [-0.05, 0) is 37.0 Å². The summed E-state index contributed by atoms with van der Waals surface area (Å²) in [4.78, 5) is 0. The molecule has 1 fully saturated rings. The first kappa shape index (κ1) is 11.7. The Labute approximate surface area is 96.4 Å². The van der Waals surface area contributed by atoms with Crippen molar-refractivity contribution in [1.29, 1.82) is 0 Å². The lowest BCUT2D eigenvalue weighted by atomic mass is 9.99. The van der Waals surface area contributed by atoms with Crippen LogP contribution >= 0.6 is 11.6 Å².